The van der Waals surface area contributed by atoms with Crippen molar-refractivity contribution in [2.45, 2.75) is 19.9 Å². The molecule has 0 spiro atoms. The maximum Gasteiger partial charge on any atom is 0.274 e. The zero-order valence-corrected chi connectivity index (χ0v) is 17.4. The lowest BCUT2D eigenvalue weighted by atomic mass is 10.2. The highest BCUT2D eigenvalue weighted by atomic mass is 32.1. The fourth-order valence-corrected chi connectivity index (χ4v) is 4.24. The van der Waals surface area contributed by atoms with Crippen LogP contribution in [0.1, 0.15) is 33.6 Å². The minimum absolute atomic E-state index is 0.0853. The van der Waals surface area contributed by atoms with E-state index in [0.29, 0.717) is 16.5 Å². The first-order valence-corrected chi connectivity index (χ1v) is 10.6. The molecule has 0 radical (unpaired) electrons. The average Bonchev–Trinajstić information content (AvgIpc) is 3.42. The molecule has 0 aliphatic carbocycles. The second-order valence-corrected chi connectivity index (χ2v) is 7.94. The molecule has 7 nitrogen and oxygen atoms in total. The van der Waals surface area contributed by atoms with E-state index in [1.54, 1.807) is 36.4 Å². The summed E-state index contributed by atoms with van der Waals surface area (Å²) in [7, 11) is 0. The molecule has 0 bridgehead atoms. The molecule has 0 atom stereocenters. The van der Waals surface area contributed by atoms with E-state index in [1.807, 2.05) is 6.07 Å². The predicted molar refractivity (Wildman–Crippen MR) is 116 cm³/mol. The van der Waals surface area contributed by atoms with Gasteiger partial charge in [0.15, 0.2) is 5.13 Å². The molecule has 1 aliphatic rings. The maximum absolute atomic E-state index is 13.0. The number of likely N-dealkylation sites (N-methyl/N-ethyl adjacent to an activating group) is 1. The van der Waals surface area contributed by atoms with Crippen LogP contribution in [0.4, 0.5) is 5.13 Å². The summed E-state index contributed by atoms with van der Waals surface area (Å²) in [5, 5.41) is 6.04. The number of hydrogen-bond acceptors (Lipinski definition) is 6. The van der Waals surface area contributed by atoms with E-state index in [2.05, 4.69) is 27.4 Å². The summed E-state index contributed by atoms with van der Waals surface area (Å²) in [4.78, 5) is 33.6. The summed E-state index contributed by atoms with van der Waals surface area (Å²) < 4.78 is 5.32. The first-order valence-electron chi connectivity index (χ1n) is 9.76. The van der Waals surface area contributed by atoms with Crippen molar-refractivity contribution in [3.05, 3.63) is 76.3 Å². The molecule has 0 saturated carbocycles. The second-order valence-electron chi connectivity index (χ2n) is 6.86. The molecule has 2 N–H and O–H groups in total. The van der Waals surface area contributed by atoms with Crippen LogP contribution in [0.2, 0.25) is 0 Å². The lowest BCUT2D eigenvalue weighted by Gasteiger charge is -2.23. The molecule has 0 saturated heterocycles. The predicted octanol–water partition coefficient (Wildman–Crippen LogP) is 3.52. The molecule has 4 rings (SSSR count). The summed E-state index contributed by atoms with van der Waals surface area (Å²) in [6, 6.07) is 12.2. The van der Waals surface area contributed by atoms with Crippen LogP contribution < -0.4 is 10.6 Å². The average molecular weight is 423 g/mol. The number of furan rings is 1. The van der Waals surface area contributed by atoms with Crippen LogP contribution in [-0.4, -0.2) is 34.8 Å². The van der Waals surface area contributed by atoms with E-state index in [4.69, 9.17) is 4.42 Å². The third kappa shape index (κ3) is 4.67. The van der Waals surface area contributed by atoms with Crippen molar-refractivity contribution < 1.29 is 14.0 Å². The number of carbonyl (C=O) groups excluding carboxylic acids is 2. The van der Waals surface area contributed by atoms with Crippen molar-refractivity contribution in [1.29, 1.82) is 0 Å². The van der Waals surface area contributed by atoms with Gasteiger partial charge in [-0.1, -0.05) is 25.1 Å². The summed E-state index contributed by atoms with van der Waals surface area (Å²) in [6.07, 6.45) is 3.88. The van der Waals surface area contributed by atoms with Gasteiger partial charge in [-0.3, -0.25) is 19.8 Å². The highest BCUT2D eigenvalue weighted by Crippen LogP contribution is 2.28. The van der Waals surface area contributed by atoms with E-state index < -0.39 is 5.91 Å². The van der Waals surface area contributed by atoms with Gasteiger partial charge in [0.2, 0.25) is 0 Å². The number of anilines is 1. The highest BCUT2D eigenvalue weighted by molar-refractivity contribution is 7.15. The molecule has 3 heterocycles. The van der Waals surface area contributed by atoms with Gasteiger partial charge in [-0.25, -0.2) is 4.98 Å². The van der Waals surface area contributed by atoms with Crippen molar-refractivity contribution in [2.24, 2.45) is 0 Å². The van der Waals surface area contributed by atoms with Gasteiger partial charge in [0, 0.05) is 36.0 Å². The molecule has 2 aromatic heterocycles. The zero-order valence-electron chi connectivity index (χ0n) is 16.6. The number of rotatable bonds is 6. The number of nitrogens with one attached hydrogen (secondary N) is 2. The number of hydrogen-bond donors (Lipinski definition) is 2. The van der Waals surface area contributed by atoms with Gasteiger partial charge in [-0.2, -0.15) is 0 Å². The Hall–Kier alpha value is -3.23. The van der Waals surface area contributed by atoms with Crippen LogP contribution in [0.5, 0.6) is 0 Å². The largest absolute Gasteiger partial charge is 0.465 e. The molecule has 0 unspecified atom stereocenters. The molecule has 3 aromatic rings. The lowest BCUT2D eigenvalue weighted by molar-refractivity contribution is -0.113. The minimum Gasteiger partial charge on any atom is -0.465 e. The van der Waals surface area contributed by atoms with E-state index in [-0.39, 0.29) is 11.6 Å². The SMILES string of the molecule is CCN1CCc2nc(NC(=O)/C(=C/c3ccco3)NC(=O)c3ccccc3)sc2C1. The van der Waals surface area contributed by atoms with E-state index in [9.17, 15) is 9.59 Å². The Kier molecular flexibility index (Phi) is 6.06. The molecular weight excluding hydrogens is 400 g/mol. The number of carbonyl (C=O) groups is 2. The Bertz CT molecular complexity index is 1060. The Labute approximate surface area is 178 Å². The smallest absolute Gasteiger partial charge is 0.274 e. The van der Waals surface area contributed by atoms with Crippen LogP contribution in [0.25, 0.3) is 6.08 Å². The van der Waals surface area contributed by atoms with Crippen molar-refractivity contribution in [3.8, 4) is 0 Å². The molecule has 0 fully saturated rings. The second kappa shape index (κ2) is 9.06. The monoisotopic (exact) mass is 422 g/mol. The molecule has 154 valence electrons. The van der Waals surface area contributed by atoms with Gasteiger partial charge in [0.1, 0.15) is 11.5 Å². The minimum atomic E-state index is -0.450. The van der Waals surface area contributed by atoms with Crippen LogP contribution >= 0.6 is 11.3 Å². The first-order chi connectivity index (χ1) is 14.6. The quantitative estimate of drug-likeness (QED) is 0.594. The number of nitrogens with zero attached hydrogens (tertiary/aromatic N) is 2. The first kappa shape index (κ1) is 20.1. The number of benzene rings is 1. The van der Waals surface area contributed by atoms with Gasteiger partial charge in [0.05, 0.1) is 12.0 Å². The van der Waals surface area contributed by atoms with Crippen LogP contribution in [0, 0.1) is 0 Å². The Morgan fingerprint density at radius 2 is 2.07 bits per heavy atom. The third-order valence-corrected chi connectivity index (χ3v) is 5.83. The number of fused-ring (bicyclic) bond motifs is 1. The number of aromatic nitrogens is 1. The lowest BCUT2D eigenvalue weighted by Crippen LogP contribution is -2.30. The number of thiazole rings is 1. The van der Waals surface area contributed by atoms with Crippen molar-refractivity contribution in [2.75, 3.05) is 18.4 Å². The van der Waals surface area contributed by atoms with E-state index in [0.717, 1.165) is 31.7 Å². The summed E-state index contributed by atoms with van der Waals surface area (Å²) in [5.41, 5.74) is 1.58. The Balaban J connectivity index is 1.53. The summed E-state index contributed by atoms with van der Waals surface area (Å²) >= 11 is 1.48. The van der Waals surface area contributed by atoms with Crippen molar-refractivity contribution in [3.63, 3.8) is 0 Å². The van der Waals surface area contributed by atoms with Gasteiger partial charge in [-0.05, 0) is 30.8 Å². The molecule has 2 amide bonds. The molecular formula is C22H22N4O3S. The van der Waals surface area contributed by atoms with Crippen molar-refractivity contribution >= 4 is 34.4 Å². The standard InChI is InChI=1S/C22H22N4O3S/c1-2-26-11-10-17-19(14-26)30-22(24-17)25-21(28)18(13-16-9-6-12-29-16)23-20(27)15-7-4-3-5-8-15/h3-9,12-13H,2,10-11,14H2,1H3,(H,23,27)(H,24,25,28)/b18-13-. The number of amides is 2. The van der Waals surface area contributed by atoms with Gasteiger partial charge >= 0.3 is 0 Å². The fourth-order valence-electron chi connectivity index (χ4n) is 3.19. The third-order valence-electron chi connectivity index (χ3n) is 4.84. The summed E-state index contributed by atoms with van der Waals surface area (Å²) in [6.45, 7) is 4.94. The Morgan fingerprint density at radius 1 is 1.23 bits per heavy atom. The van der Waals surface area contributed by atoms with Crippen LogP contribution in [-0.2, 0) is 17.8 Å². The maximum atomic E-state index is 13.0. The topological polar surface area (TPSA) is 87.5 Å². The fraction of sp³-hybridized carbons (Fsp3) is 0.227. The van der Waals surface area contributed by atoms with Crippen LogP contribution in [0.15, 0.2) is 58.8 Å². The Morgan fingerprint density at radius 3 is 2.80 bits per heavy atom. The van der Waals surface area contributed by atoms with Gasteiger partial charge in [-0.15, -0.1) is 11.3 Å². The molecule has 1 aliphatic heterocycles. The highest BCUT2D eigenvalue weighted by Gasteiger charge is 2.22. The van der Waals surface area contributed by atoms with Gasteiger partial charge in [0.25, 0.3) is 11.8 Å². The molecule has 30 heavy (non-hydrogen) atoms. The van der Waals surface area contributed by atoms with E-state index in [1.165, 1.54) is 28.6 Å². The van der Waals surface area contributed by atoms with Crippen LogP contribution in [0.3, 0.4) is 0 Å². The van der Waals surface area contributed by atoms with Gasteiger partial charge < -0.3 is 9.73 Å². The molecule has 1 aromatic carbocycles. The summed E-state index contributed by atoms with van der Waals surface area (Å²) in [5.74, 6) is -0.361. The van der Waals surface area contributed by atoms with E-state index >= 15 is 0 Å². The normalized spacial score (nSPS) is 14.2. The zero-order chi connectivity index (χ0) is 20.9. The molecule has 8 heteroatoms. The van der Waals surface area contributed by atoms with Crippen molar-refractivity contribution in [1.82, 2.24) is 15.2 Å².